The van der Waals surface area contributed by atoms with Gasteiger partial charge < -0.3 is 5.73 Å². The molecule has 0 aromatic carbocycles. The predicted molar refractivity (Wildman–Crippen MR) is 55.4 cm³/mol. The van der Waals surface area contributed by atoms with Crippen molar-refractivity contribution in [3.05, 3.63) is 16.4 Å². The Kier molecular flexibility index (Phi) is 2.00. The number of halogens is 1. The average Bonchev–Trinajstić information content (AvgIpc) is 2.41. The molecule has 0 spiro atoms. The topological polar surface area (TPSA) is 54.7 Å². The number of nitrogens with zero attached hydrogens (tertiary/aromatic N) is 1. The molecule has 2 unspecified atom stereocenters. The van der Waals surface area contributed by atoms with E-state index in [2.05, 4.69) is 40.0 Å². The lowest BCUT2D eigenvalue weighted by Gasteiger charge is -1.99. The van der Waals surface area contributed by atoms with Gasteiger partial charge in [0, 0.05) is 5.92 Å². The summed E-state index contributed by atoms with van der Waals surface area (Å²) in [6.07, 6.45) is 1.80. The summed E-state index contributed by atoms with van der Waals surface area (Å²) in [5.74, 6) is 1.12. The summed E-state index contributed by atoms with van der Waals surface area (Å²) in [5, 5.41) is 7.04. The second kappa shape index (κ2) is 2.82. The van der Waals surface area contributed by atoms with Crippen LogP contribution in [0.25, 0.3) is 0 Å². The van der Waals surface area contributed by atoms with E-state index in [4.69, 9.17) is 5.73 Å². The minimum Gasteiger partial charge on any atom is -0.330 e. The average molecular weight is 244 g/mol. The van der Waals surface area contributed by atoms with Gasteiger partial charge >= 0.3 is 0 Å². The molecule has 4 heteroatoms. The van der Waals surface area contributed by atoms with Gasteiger partial charge in [-0.05, 0) is 33.8 Å². The van der Waals surface area contributed by atoms with Gasteiger partial charge in [0.25, 0.3) is 0 Å². The Labute approximate surface area is 86.2 Å². The molecule has 1 aromatic rings. The van der Waals surface area contributed by atoms with E-state index >= 15 is 0 Å². The number of nitrogens with one attached hydrogen (secondary N) is 1. The fourth-order valence-corrected chi connectivity index (χ4v) is 2.69. The maximum atomic E-state index is 5.71. The Morgan fingerprint density at radius 3 is 2.77 bits per heavy atom. The Balaban J connectivity index is 2.26. The van der Waals surface area contributed by atoms with Crippen LogP contribution in [0, 0.1) is 11.3 Å². The first-order chi connectivity index (χ1) is 6.09. The highest BCUT2D eigenvalue weighted by Gasteiger charge is 2.58. The van der Waals surface area contributed by atoms with Crippen molar-refractivity contribution in [3.8, 4) is 0 Å². The SMILES string of the molecule is CC1(C)C(CN)C1c1[nH]ncc1Br. The van der Waals surface area contributed by atoms with Crippen molar-refractivity contribution in [1.29, 1.82) is 0 Å². The van der Waals surface area contributed by atoms with Crippen molar-refractivity contribution < 1.29 is 0 Å². The van der Waals surface area contributed by atoms with E-state index in [1.165, 1.54) is 5.69 Å². The molecular weight excluding hydrogens is 230 g/mol. The van der Waals surface area contributed by atoms with Gasteiger partial charge in [-0.1, -0.05) is 13.8 Å². The summed E-state index contributed by atoms with van der Waals surface area (Å²) in [4.78, 5) is 0. The Hall–Kier alpha value is -0.350. The quantitative estimate of drug-likeness (QED) is 0.834. The Bertz CT molecular complexity index is 318. The molecule has 1 aliphatic carbocycles. The van der Waals surface area contributed by atoms with Gasteiger partial charge in [-0.25, -0.2) is 0 Å². The lowest BCUT2D eigenvalue weighted by atomic mass is 10.1. The monoisotopic (exact) mass is 243 g/mol. The summed E-state index contributed by atoms with van der Waals surface area (Å²) >= 11 is 3.48. The van der Waals surface area contributed by atoms with Gasteiger partial charge in [-0.15, -0.1) is 0 Å². The molecule has 0 amide bonds. The maximum Gasteiger partial charge on any atom is 0.0632 e. The smallest absolute Gasteiger partial charge is 0.0632 e. The van der Waals surface area contributed by atoms with E-state index in [9.17, 15) is 0 Å². The predicted octanol–water partition coefficient (Wildman–Crippen LogP) is 1.87. The largest absolute Gasteiger partial charge is 0.330 e. The van der Waals surface area contributed by atoms with Crippen LogP contribution in [0.2, 0.25) is 0 Å². The van der Waals surface area contributed by atoms with Crippen molar-refractivity contribution in [2.24, 2.45) is 17.1 Å². The molecule has 0 radical (unpaired) electrons. The molecule has 1 heterocycles. The summed E-state index contributed by atoms with van der Waals surface area (Å²) in [6, 6.07) is 0. The number of hydrogen-bond donors (Lipinski definition) is 2. The molecule has 13 heavy (non-hydrogen) atoms. The third-order valence-electron chi connectivity index (χ3n) is 3.24. The van der Waals surface area contributed by atoms with E-state index in [-0.39, 0.29) is 0 Å². The molecule has 1 saturated carbocycles. The second-order valence-electron chi connectivity index (χ2n) is 4.27. The van der Waals surface area contributed by atoms with Crippen LogP contribution in [-0.2, 0) is 0 Å². The molecule has 1 aliphatic rings. The maximum absolute atomic E-state index is 5.71. The first-order valence-corrected chi connectivity index (χ1v) is 5.27. The molecule has 1 aromatic heterocycles. The molecule has 0 aliphatic heterocycles. The summed E-state index contributed by atoms with van der Waals surface area (Å²) < 4.78 is 1.07. The van der Waals surface area contributed by atoms with Gasteiger partial charge in [0.05, 0.1) is 16.4 Å². The van der Waals surface area contributed by atoms with Crippen molar-refractivity contribution in [2.75, 3.05) is 6.54 Å². The van der Waals surface area contributed by atoms with Gasteiger partial charge in [0.2, 0.25) is 0 Å². The molecule has 3 nitrogen and oxygen atoms in total. The minimum atomic E-state index is 0.323. The van der Waals surface area contributed by atoms with E-state index in [0.29, 0.717) is 17.3 Å². The number of rotatable bonds is 2. The zero-order chi connectivity index (χ0) is 9.64. The van der Waals surface area contributed by atoms with Crippen LogP contribution in [0.1, 0.15) is 25.5 Å². The zero-order valence-corrected chi connectivity index (χ0v) is 9.43. The van der Waals surface area contributed by atoms with Gasteiger partial charge in [0.15, 0.2) is 0 Å². The number of H-pyrrole nitrogens is 1. The highest BCUT2D eigenvalue weighted by molar-refractivity contribution is 9.10. The van der Waals surface area contributed by atoms with Crippen LogP contribution in [0.3, 0.4) is 0 Å². The van der Waals surface area contributed by atoms with Crippen LogP contribution in [0.15, 0.2) is 10.7 Å². The third kappa shape index (κ3) is 1.23. The number of aromatic nitrogens is 2. The highest BCUT2D eigenvalue weighted by Crippen LogP contribution is 2.64. The fraction of sp³-hybridized carbons (Fsp3) is 0.667. The molecule has 0 saturated heterocycles. The molecule has 0 bridgehead atoms. The zero-order valence-electron chi connectivity index (χ0n) is 7.84. The van der Waals surface area contributed by atoms with Crippen LogP contribution < -0.4 is 5.73 Å². The standard InChI is InChI=1S/C9H14BrN3/c1-9(2)5(3-11)7(9)8-6(10)4-12-13-8/h4-5,7H,3,11H2,1-2H3,(H,12,13). The van der Waals surface area contributed by atoms with E-state index in [0.717, 1.165) is 11.0 Å². The van der Waals surface area contributed by atoms with Crippen molar-refractivity contribution >= 4 is 15.9 Å². The van der Waals surface area contributed by atoms with Crippen LogP contribution in [0.5, 0.6) is 0 Å². The van der Waals surface area contributed by atoms with Crippen molar-refractivity contribution in [1.82, 2.24) is 10.2 Å². The van der Waals surface area contributed by atoms with Crippen molar-refractivity contribution in [3.63, 3.8) is 0 Å². The van der Waals surface area contributed by atoms with E-state index in [1.54, 1.807) is 6.20 Å². The lowest BCUT2D eigenvalue weighted by Crippen LogP contribution is -2.05. The van der Waals surface area contributed by atoms with Gasteiger partial charge in [-0.3, -0.25) is 5.10 Å². The lowest BCUT2D eigenvalue weighted by molar-refractivity contribution is 0.557. The first-order valence-electron chi connectivity index (χ1n) is 4.48. The molecule has 2 atom stereocenters. The van der Waals surface area contributed by atoms with E-state index < -0.39 is 0 Å². The Morgan fingerprint density at radius 1 is 1.69 bits per heavy atom. The summed E-state index contributed by atoms with van der Waals surface area (Å²) in [6.45, 7) is 5.26. The molecule has 3 N–H and O–H groups in total. The number of hydrogen-bond acceptors (Lipinski definition) is 2. The van der Waals surface area contributed by atoms with Crippen LogP contribution in [0.4, 0.5) is 0 Å². The normalized spacial score (nSPS) is 30.5. The number of aromatic amines is 1. The summed E-state index contributed by atoms with van der Waals surface area (Å²) in [7, 11) is 0. The molecule has 1 fully saturated rings. The highest BCUT2D eigenvalue weighted by atomic mass is 79.9. The third-order valence-corrected chi connectivity index (χ3v) is 3.87. The number of nitrogens with two attached hydrogens (primary N) is 1. The molecule has 72 valence electrons. The minimum absolute atomic E-state index is 0.323. The Morgan fingerprint density at radius 2 is 2.38 bits per heavy atom. The molecular formula is C9H14BrN3. The molecule has 2 rings (SSSR count). The van der Waals surface area contributed by atoms with Crippen molar-refractivity contribution in [2.45, 2.75) is 19.8 Å². The van der Waals surface area contributed by atoms with Crippen LogP contribution in [-0.4, -0.2) is 16.7 Å². The van der Waals surface area contributed by atoms with Gasteiger partial charge in [-0.2, -0.15) is 5.10 Å². The fourth-order valence-electron chi connectivity index (χ4n) is 2.26. The first kappa shape index (κ1) is 9.21. The second-order valence-corrected chi connectivity index (χ2v) is 5.13. The summed E-state index contributed by atoms with van der Waals surface area (Å²) in [5.41, 5.74) is 7.22. The van der Waals surface area contributed by atoms with Gasteiger partial charge in [0.1, 0.15) is 0 Å². The van der Waals surface area contributed by atoms with Crippen LogP contribution >= 0.6 is 15.9 Å². The van der Waals surface area contributed by atoms with E-state index in [1.807, 2.05) is 0 Å².